The van der Waals surface area contributed by atoms with Crippen LogP contribution < -0.4 is 16.4 Å². The standard InChI is InChI=1S/C15H16N4O4/c1-15(7-2-8-16-12(15)20)13(21)17-10-5-3-9(4-6-10)11-18-14(22)23-19-11/h3-6H,2,7-8H2,1H3,(H,16,20)(H,17,21)(H,18,19,22). The third kappa shape index (κ3) is 2.87. The molecular weight excluding hydrogens is 300 g/mol. The maximum absolute atomic E-state index is 12.4. The summed E-state index contributed by atoms with van der Waals surface area (Å²) < 4.78 is 4.44. The van der Waals surface area contributed by atoms with Gasteiger partial charge in [0, 0.05) is 17.8 Å². The van der Waals surface area contributed by atoms with Gasteiger partial charge in [0.15, 0.2) is 5.82 Å². The molecular formula is C15H16N4O4. The van der Waals surface area contributed by atoms with Gasteiger partial charge < -0.3 is 10.6 Å². The number of carbonyl (C=O) groups is 2. The van der Waals surface area contributed by atoms with Crippen molar-refractivity contribution in [2.45, 2.75) is 19.8 Å². The number of aromatic amines is 1. The number of anilines is 1. The molecule has 3 rings (SSSR count). The van der Waals surface area contributed by atoms with Crippen LogP contribution in [0.5, 0.6) is 0 Å². The molecule has 0 radical (unpaired) electrons. The largest absolute Gasteiger partial charge is 0.439 e. The van der Waals surface area contributed by atoms with Gasteiger partial charge in [-0.05, 0) is 44.0 Å². The zero-order chi connectivity index (χ0) is 16.4. The van der Waals surface area contributed by atoms with Crippen LogP contribution in [-0.4, -0.2) is 28.5 Å². The van der Waals surface area contributed by atoms with Gasteiger partial charge >= 0.3 is 5.76 Å². The Morgan fingerprint density at radius 2 is 2.04 bits per heavy atom. The van der Waals surface area contributed by atoms with Crippen LogP contribution in [0.25, 0.3) is 11.4 Å². The van der Waals surface area contributed by atoms with Gasteiger partial charge in [-0.2, -0.15) is 0 Å². The van der Waals surface area contributed by atoms with Crippen LogP contribution in [-0.2, 0) is 9.59 Å². The van der Waals surface area contributed by atoms with E-state index >= 15 is 0 Å². The molecule has 8 heteroatoms. The van der Waals surface area contributed by atoms with E-state index in [2.05, 4.69) is 25.3 Å². The van der Waals surface area contributed by atoms with Gasteiger partial charge in [0.05, 0.1) is 0 Å². The number of amides is 2. The molecule has 2 heterocycles. The average molecular weight is 316 g/mol. The summed E-state index contributed by atoms with van der Waals surface area (Å²) in [7, 11) is 0. The minimum absolute atomic E-state index is 0.252. The third-order valence-corrected chi connectivity index (χ3v) is 4.00. The van der Waals surface area contributed by atoms with Crippen molar-refractivity contribution in [3.8, 4) is 11.4 Å². The third-order valence-electron chi connectivity index (χ3n) is 4.00. The van der Waals surface area contributed by atoms with Crippen molar-refractivity contribution in [3.63, 3.8) is 0 Å². The Bertz CT molecular complexity index is 792. The Morgan fingerprint density at radius 1 is 1.30 bits per heavy atom. The molecule has 1 aliphatic rings. The summed E-state index contributed by atoms with van der Waals surface area (Å²) >= 11 is 0. The Hall–Kier alpha value is -2.90. The zero-order valence-electron chi connectivity index (χ0n) is 12.5. The maximum atomic E-state index is 12.4. The van der Waals surface area contributed by atoms with Crippen LogP contribution >= 0.6 is 0 Å². The smallest absolute Gasteiger partial charge is 0.355 e. The predicted octanol–water partition coefficient (Wildman–Crippen LogP) is 0.885. The maximum Gasteiger partial charge on any atom is 0.439 e. The summed E-state index contributed by atoms with van der Waals surface area (Å²) in [5.41, 5.74) is 0.147. The molecule has 8 nitrogen and oxygen atoms in total. The summed E-state index contributed by atoms with van der Waals surface area (Å²) in [5.74, 6) is -0.907. The Morgan fingerprint density at radius 3 is 2.65 bits per heavy atom. The van der Waals surface area contributed by atoms with E-state index in [1.165, 1.54) is 0 Å². The lowest BCUT2D eigenvalue weighted by Gasteiger charge is -2.31. The van der Waals surface area contributed by atoms with Gasteiger partial charge in [0.1, 0.15) is 5.41 Å². The molecule has 1 atom stereocenters. The molecule has 2 amide bonds. The van der Waals surface area contributed by atoms with Gasteiger partial charge in [0.25, 0.3) is 0 Å². The number of rotatable bonds is 3. The van der Waals surface area contributed by atoms with Crippen molar-refractivity contribution in [1.82, 2.24) is 15.5 Å². The SMILES string of the molecule is CC1(C(=O)Nc2ccc(-c3noc(=O)[nH]3)cc2)CCCNC1=O. The first kappa shape index (κ1) is 15.0. The highest BCUT2D eigenvalue weighted by Crippen LogP contribution is 2.28. The highest BCUT2D eigenvalue weighted by atomic mass is 16.5. The number of nitrogens with one attached hydrogen (secondary N) is 3. The molecule has 120 valence electrons. The molecule has 3 N–H and O–H groups in total. The summed E-state index contributed by atoms with van der Waals surface area (Å²) in [4.78, 5) is 37.8. The minimum atomic E-state index is -1.06. The summed E-state index contributed by atoms with van der Waals surface area (Å²) in [6, 6.07) is 6.72. The van der Waals surface area contributed by atoms with E-state index in [-0.39, 0.29) is 11.8 Å². The molecule has 0 spiro atoms. The second kappa shape index (κ2) is 5.71. The molecule has 0 saturated carbocycles. The highest BCUT2D eigenvalue weighted by Gasteiger charge is 2.42. The van der Waals surface area contributed by atoms with E-state index in [1.807, 2.05) is 0 Å². The molecule has 1 aromatic heterocycles. The number of hydrogen-bond acceptors (Lipinski definition) is 5. The van der Waals surface area contributed by atoms with Crippen molar-refractivity contribution < 1.29 is 14.1 Å². The molecule has 1 aliphatic heterocycles. The van der Waals surface area contributed by atoms with Crippen LogP contribution in [0.3, 0.4) is 0 Å². The number of piperidine rings is 1. The van der Waals surface area contributed by atoms with Gasteiger partial charge in [-0.3, -0.25) is 19.1 Å². The van der Waals surface area contributed by atoms with Crippen molar-refractivity contribution in [2.75, 3.05) is 11.9 Å². The first-order valence-electron chi connectivity index (χ1n) is 7.25. The van der Waals surface area contributed by atoms with E-state index in [4.69, 9.17) is 0 Å². The number of H-pyrrole nitrogens is 1. The lowest BCUT2D eigenvalue weighted by molar-refractivity contribution is -0.141. The second-order valence-corrected chi connectivity index (χ2v) is 5.67. The Kier molecular flexibility index (Phi) is 3.73. The molecule has 0 bridgehead atoms. The van der Waals surface area contributed by atoms with Crippen LogP contribution in [0, 0.1) is 5.41 Å². The quantitative estimate of drug-likeness (QED) is 0.727. The van der Waals surface area contributed by atoms with Crippen LogP contribution in [0.15, 0.2) is 33.6 Å². The fourth-order valence-corrected chi connectivity index (χ4v) is 2.50. The van der Waals surface area contributed by atoms with Gasteiger partial charge in [0.2, 0.25) is 11.8 Å². The Labute approximate surface area is 131 Å². The molecule has 1 saturated heterocycles. The van der Waals surface area contributed by atoms with E-state index in [0.717, 1.165) is 6.42 Å². The second-order valence-electron chi connectivity index (χ2n) is 5.67. The number of nitrogens with zero attached hydrogens (tertiary/aromatic N) is 1. The summed E-state index contributed by atoms with van der Waals surface area (Å²) in [6.45, 7) is 2.25. The number of aromatic nitrogens is 2. The van der Waals surface area contributed by atoms with Crippen LogP contribution in [0.2, 0.25) is 0 Å². The topological polar surface area (TPSA) is 117 Å². The van der Waals surface area contributed by atoms with Gasteiger partial charge in [-0.25, -0.2) is 4.79 Å². The number of benzene rings is 1. The molecule has 0 aliphatic carbocycles. The lowest BCUT2D eigenvalue weighted by Crippen LogP contribution is -2.50. The monoisotopic (exact) mass is 316 g/mol. The molecule has 23 heavy (non-hydrogen) atoms. The molecule has 1 fully saturated rings. The fourth-order valence-electron chi connectivity index (χ4n) is 2.50. The molecule has 1 aromatic carbocycles. The van der Waals surface area contributed by atoms with Crippen LogP contribution in [0.4, 0.5) is 5.69 Å². The lowest BCUT2D eigenvalue weighted by atomic mass is 9.81. The van der Waals surface area contributed by atoms with Crippen molar-refractivity contribution in [3.05, 3.63) is 34.8 Å². The average Bonchev–Trinajstić information content (AvgIpc) is 2.97. The number of carbonyl (C=O) groups excluding carboxylic acids is 2. The van der Waals surface area contributed by atoms with Crippen molar-refractivity contribution >= 4 is 17.5 Å². The van der Waals surface area contributed by atoms with E-state index < -0.39 is 11.2 Å². The van der Waals surface area contributed by atoms with E-state index in [1.54, 1.807) is 31.2 Å². The first-order valence-corrected chi connectivity index (χ1v) is 7.25. The summed E-state index contributed by atoms with van der Waals surface area (Å²) in [6.07, 6.45) is 1.29. The summed E-state index contributed by atoms with van der Waals surface area (Å²) in [5, 5.41) is 9.06. The van der Waals surface area contributed by atoms with Crippen LogP contribution in [0.1, 0.15) is 19.8 Å². The molecule has 1 unspecified atom stereocenters. The van der Waals surface area contributed by atoms with E-state index in [9.17, 15) is 14.4 Å². The Balaban J connectivity index is 1.74. The normalized spacial score (nSPS) is 20.8. The van der Waals surface area contributed by atoms with Crippen molar-refractivity contribution in [1.29, 1.82) is 0 Å². The zero-order valence-corrected chi connectivity index (χ0v) is 12.5. The highest BCUT2D eigenvalue weighted by molar-refractivity contribution is 6.10. The molecule has 2 aromatic rings. The fraction of sp³-hybridized carbons (Fsp3) is 0.333. The van der Waals surface area contributed by atoms with Crippen molar-refractivity contribution in [2.24, 2.45) is 5.41 Å². The van der Waals surface area contributed by atoms with Gasteiger partial charge in [-0.15, -0.1) is 0 Å². The van der Waals surface area contributed by atoms with Gasteiger partial charge in [-0.1, -0.05) is 5.16 Å². The minimum Gasteiger partial charge on any atom is -0.355 e. The van der Waals surface area contributed by atoms with E-state index in [0.29, 0.717) is 30.0 Å². The first-order chi connectivity index (χ1) is 11.0. The number of hydrogen-bond donors (Lipinski definition) is 3. The predicted molar refractivity (Wildman–Crippen MR) is 81.5 cm³/mol.